The van der Waals surface area contributed by atoms with Crippen LogP contribution in [-0.2, 0) is 4.74 Å². The third kappa shape index (κ3) is 2.14. The van der Waals surface area contributed by atoms with Crippen LogP contribution < -0.4 is 0 Å². The number of nitrogens with zero attached hydrogens (tertiary/aromatic N) is 1. The van der Waals surface area contributed by atoms with Crippen LogP contribution in [0.25, 0.3) is 10.9 Å². The van der Waals surface area contributed by atoms with Gasteiger partial charge in [0.2, 0.25) is 0 Å². The van der Waals surface area contributed by atoms with E-state index in [4.69, 9.17) is 6.11 Å². The zero-order valence-corrected chi connectivity index (χ0v) is 12.1. The van der Waals surface area contributed by atoms with E-state index in [1.54, 1.807) is 0 Å². The van der Waals surface area contributed by atoms with Crippen molar-refractivity contribution in [2.24, 2.45) is 0 Å². The van der Waals surface area contributed by atoms with Crippen LogP contribution in [0.3, 0.4) is 0 Å². The van der Waals surface area contributed by atoms with Gasteiger partial charge in [0.15, 0.2) is 0 Å². The molecule has 2 atom stereocenters. The second-order valence-electron chi connectivity index (χ2n) is 6.22. The topological polar surface area (TPSA) is 45.3 Å². The first-order valence-electron chi connectivity index (χ1n) is 8.13. The Morgan fingerprint density at radius 2 is 2.05 bits per heavy atom. The van der Waals surface area contributed by atoms with Crippen molar-refractivity contribution in [1.29, 1.82) is 0 Å². The average Bonchev–Trinajstić information content (AvgIpc) is 2.90. The van der Waals surface area contributed by atoms with Gasteiger partial charge in [-0.2, -0.15) is 0 Å². The number of aromatic nitrogens is 1. The Morgan fingerprint density at radius 3 is 2.81 bits per heavy atom. The lowest BCUT2D eigenvalue weighted by molar-refractivity contribution is -0.000258. The average molecular weight is 285 g/mol. The number of ether oxygens (including phenoxy) is 1. The molecule has 4 heteroatoms. The van der Waals surface area contributed by atoms with E-state index in [0.717, 1.165) is 23.7 Å². The third-order valence-corrected chi connectivity index (χ3v) is 5.05. The molecular weight excluding hydrogens is 264 g/mol. The summed E-state index contributed by atoms with van der Waals surface area (Å²) in [5.74, 6) is -0.364. The number of hydrogen-bond acceptors (Lipinski definition) is 3. The van der Waals surface area contributed by atoms with Gasteiger partial charge >= 0.3 is 5.97 Å². The lowest BCUT2D eigenvalue weighted by Crippen LogP contribution is -2.43. The molecule has 4 rings (SSSR count). The van der Waals surface area contributed by atoms with Crippen LogP contribution >= 0.6 is 0 Å². The highest BCUT2D eigenvalue weighted by Gasteiger charge is 2.40. The molecule has 1 aromatic heterocycles. The third-order valence-electron chi connectivity index (χ3n) is 5.05. The lowest BCUT2D eigenvalue weighted by Gasteiger charge is -2.35. The van der Waals surface area contributed by atoms with Crippen molar-refractivity contribution >= 4 is 16.9 Å². The van der Waals surface area contributed by atoms with Gasteiger partial charge in [0, 0.05) is 42.0 Å². The summed E-state index contributed by atoms with van der Waals surface area (Å²) in [5, 5.41) is 0.772. The van der Waals surface area contributed by atoms with Gasteiger partial charge in [-0.15, -0.1) is 0 Å². The first-order valence-corrected chi connectivity index (χ1v) is 7.63. The van der Waals surface area contributed by atoms with Crippen LogP contribution in [-0.4, -0.2) is 41.1 Å². The molecule has 2 saturated heterocycles. The van der Waals surface area contributed by atoms with Crippen LogP contribution in [0.5, 0.6) is 0 Å². The highest BCUT2D eigenvalue weighted by molar-refractivity contribution is 6.04. The fraction of sp³-hybridized carbons (Fsp3) is 0.471. The molecule has 110 valence electrons. The number of H-pyrrole nitrogens is 1. The Morgan fingerprint density at radius 1 is 1.33 bits per heavy atom. The number of para-hydroxylation sites is 1. The molecule has 0 spiro atoms. The molecule has 2 aromatic rings. The molecule has 2 unspecified atom stereocenters. The van der Waals surface area contributed by atoms with Crippen LogP contribution in [0.15, 0.2) is 30.4 Å². The van der Waals surface area contributed by atoms with Crippen molar-refractivity contribution in [1.82, 2.24) is 9.88 Å². The molecule has 0 saturated carbocycles. The minimum Gasteiger partial charge on any atom is -0.459 e. The molecular formula is C17H20N2O2. The quantitative estimate of drug-likeness (QED) is 0.863. The first-order chi connectivity index (χ1) is 10.6. The maximum atomic E-state index is 12.5. The maximum absolute atomic E-state index is 12.5. The van der Waals surface area contributed by atoms with E-state index in [9.17, 15) is 4.79 Å². The number of nitrogens with one attached hydrogen (secondary N) is 1. The van der Waals surface area contributed by atoms with E-state index < -0.39 is 0 Å². The van der Waals surface area contributed by atoms with Crippen molar-refractivity contribution in [2.75, 3.05) is 7.05 Å². The van der Waals surface area contributed by atoms with Gasteiger partial charge in [-0.25, -0.2) is 4.79 Å². The molecule has 2 fully saturated rings. The molecule has 0 aliphatic carbocycles. The van der Waals surface area contributed by atoms with E-state index in [2.05, 4.69) is 16.9 Å². The number of aromatic amines is 1. The molecule has 2 aliphatic heterocycles. The minimum absolute atomic E-state index is 0.0192. The van der Waals surface area contributed by atoms with Gasteiger partial charge in [-0.1, -0.05) is 18.2 Å². The summed E-state index contributed by atoms with van der Waals surface area (Å²) in [6, 6.07) is 8.58. The van der Waals surface area contributed by atoms with Crippen molar-refractivity contribution in [3.05, 3.63) is 36.0 Å². The fourth-order valence-electron chi connectivity index (χ4n) is 3.84. The van der Waals surface area contributed by atoms with E-state index in [1.165, 1.54) is 12.8 Å². The summed E-state index contributed by atoms with van der Waals surface area (Å²) in [7, 11) is 2.17. The Labute approximate surface area is 125 Å². The SMILES string of the molecule is [2H]c1[nH]c2ccccc2c1C(=O)OC1CC2CCC(C1)N2C. The molecule has 21 heavy (non-hydrogen) atoms. The van der Waals surface area contributed by atoms with Crippen LogP contribution in [0.1, 0.15) is 37.4 Å². The highest BCUT2D eigenvalue weighted by atomic mass is 16.5. The van der Waals surface area contributed by atoms with Gasteiger partial charge in [0.05, 0.1) is 6.93 Å². The van der Waals surface area contributed by atoms with Gasteiger partial charge in [-0.05, 0) is 26.0 Å². The standard InChI is InChI=1S/C17H20N2O2/c1-19-11-6-7-12(19)9-13(8-11)21-17(20)15-10-18-16-5-3-2-4-14(15)16/h2-5,10-13,18H,6-9H2,1H3/i10D. The van der Waals surface area contributed by atoms with Crippen LogP contribution in [0.4, 0.5) is 0 Å². The molecule has 2 bridgehead atoms. The zero-order chi connectivity index (χ0) is 15.3. The summed E-state index contributed by atoms with van der Waals surface area (Å²) in [4.78, 5) is 17.9. The molecule has 4 nitrogen and oxygen atoms in total. The summed E-state index contributed by atoms with van der Waals surface area (Å²) < 4.78 is 13.8. The summed E-state index contributed by atoms with van der Waals surface area (Å²) in [6.45, 7) is 0. The molecule has 3 heterocycles. The smallest absolute Gasteiger partial charge is 0.340 e. The molecule has 0 radical (unpaired) electrons. The van der Waals surface area contributed by atoms with E-state index >= 15 is 0 Å². The van der Waals surface area contributed by atoms with Gasteiger partial charge in [0.1, 0.15) is 6.10 Å². The largest absolute Gasteiger partial charge is 0.459 e. The maximum Gasteiger partial charge on any atom is 0.340 e. The van der Waals surface area contributed by atoms with Crippen molar-refractivity contribution in [2.45, 2.75) is 43.9 Å². The number of piperidine rings is 1. The number of carbonyl (C=O) groups excluding carboxylic acids is 1. The van der Waals surface area contributed by atoms with Crippen molar-refractivity contribution in [3.63, 3.8) is 0 Å². The fourth-order valence-corrected chi connectivity index (χ4v) is 3.84. The number of rotatable bonds is 2. The molecule has 2 aliphatic rings. The number of hydrogen-bond donors (Lipinski definition) is 1. The Bertz CT molecular complexity index is 713. The predicted molar refractivity (Wildman–Crippen MR) is 81.3 cm³/mol. The van der Waals surface area contributed by atoms with Crippen molar-refractivity contribution in [3.8, 4) is 0 Å². The number of benzene rings is 1. The van der Waals surface area contributed by atoms with Crippen LogP contribution in [0.2, 0.25) is 0 Å². The lowest BCUT2D eigenvalue weighted by atomic mass is 10.0. The molecule has 0 amide bonds. The second kappa shape index (κ2) is 4.88. The predicted octanol–water partition coefficient (Wildman–Crippen LogP) is 2.95. The van der Waals surface area contributed by atoms with Crippen molar-refractivity contribution < 1.29 is 10.9 Å². The highest BCUT2D eigenvalue weighted by Crippen LogP contribution is 2.35. The molecule has 1 aromatic carbocycles. The number of carbonyl (C=O) groups is 1. The second-order valence-corrected chi connectivity index (χ2v) is 6.22. The normalized spacial score (nSPS) is 29.6. The Kier molecular flexibility index (Phi) is 2.74. The van der Waals surface area contributed by atoms with Gasteiger partial charge in [0.25, 0.3) is 0 Å². The van der Waals surface area contributed by atoms with Crippen LogP contribution in [0, 0.1) is 0 Å². The zero-order valence-electron chi connectivity index (χ0n) is 13.1. The monoisotopic (exact) mass is 285 g/mol. The van der Waals surface area contributed by atoms with Gasteiger partial charge < -0.3 is 14.6 Å². The minimum atomic E-state index is -0.364. The summed E-state index contributed by atoms with van der Waals surface area (Å²) >= 11 is 0. The van der Waals surface area contributed by atoms with E-state index in [-0.39, 0.29) is 18.2 Å². The number of esters is 1. The summed E-state index contributed by atoms with van der Waals surface area (Å²) in [5.41, 5.74) is 1.17. The Balaban J connectivity index is 1.56. The van der Waals surface area contributed by atoms with Gasteiger partial charge in [-0.3, -0.25) is 0 Å². The Hall–Kier alpha value is -1.81. The number of fused-ring (bicyclic) bond motifs is 3. The summed E-state index contributed by atoms with van der Waals surface area (Å²) in [6.07, 6.45) is 4.34. The molecule has 1 N–H and O–H groups in total. The van der Waals surface area contributed by atoms with E-state index in [0.29, 0.717) is 17.6 Å². The first kappa shape index (κ1) is 11.8. The van der Waals surface area contributed by atoms with E-state index in [1.807, 2.05) is 24.3 Å².